The highest BCUT2D eigenvalue weighted by atomic mass is 16.5. The first-order valence-electron chi connectivity index (χ1n) is 7.05. The first-order valence-corrected chi connectivity index (χ1v) is 7.05. The van der Waals surface area contributed by atoms with Gasteiger partial charge in [0.1, 0.15) is 11.4 Å². The summed E-state index contributed by atoms with van der Waals surface area (Å²) < 4.78 is 5.64. The van der Waals surface area contributed by atoms with E-state index < -0.39 is 0 Å². The number of amides is 1. The standard InChI is InChI=1S/C16H19N3O2/c1-2-3-9-21-14-6-4-5-13(10-14)11-19-16(20)15-12-17-7-8-18-15/h4-8,10,12H,2-3,9,11H2,1H3,(H,19,20). The number of benzene rings is 1. The number of aromatic nitrogens is 2. The van der Waals surface area contributed by atoms with Crippen molar-refractivity contribution >= 4 is 5.91 Å². The third-order valence-electron chi connectivity index (χ3n) is 2.91. The number of hydrogen-bond donors (Lipinski definition) is 1. The van der Waals surface area contributed by atoms with Crippen molar-refractivity contribution in [1.82, 2.24) is 15.3 Å². The Kier molecular flexibility index (Phi) is 5.70. The van der Waals surface area contributed by atoms with Gasteiger partial charge in [-0.1, -0.05) is 25.5 Å². The van der Waals surface area contributed by atoms with Gasteiger partial charge in [-0.2, -0.15) is 0 Å². The maximum absolute atomic E-state index is 11.9. The fourth-order valence-corrected chi connectivity index (χ4v) is 1.77. The number of carbonyl (C=O) groups excluding carboxylic acids is 1. The molecule has 0 bridgehead atoms. The predicted octanol–water partition coefficient (Wildman–Crippen LogP) is 2.59. The van der Waals surface area contributed by atoms with Gasteiger partial charge in [0.05, 0.1) is 12.8 Å². The van der Waals surface area contributed by atoms with Gasteiger partial charge in [-0.15, -0.1) is 0 Å². The number of carbonyl (C=O) groups is 1. The van der Waals surface area contributed by atoms with Gasteiger partial charge < -0.3 is 10.1 Å². The molecular formula is C16H19N3O2. The topological polar surface area (TPSA) is 64.1 Å². The van der Waals surface area contributed by atoms with Crippen molar-refractivity contribution in [1.29, 1.82) is 0 Å². The van der Waals surface area contributed by atoms with Crippen LogP contribution in [0.5, 0.6) is 5.75 Å². The van der Waals surface area contributed by atoms with Crippen LogP contribution >= 0.6 is 0 Å². The molecule has 0 spiro atoms. The quantitative estimate of drug-likeness (QED) is 0.794. The lowest BCUT2D eigenvalue weighted by molar-refractivity contribution is 0.0945. The summed E-state index contributed by atoms with van der Waals surface area (Å²) in [5, 5.41) is 2.81. The van der Waals surface area contributed by atoms with Crippen LogP contribution < -0.4 is 10.1 Å². The monoisotopic (exact) mass is 285 g/mol. The smallest absolute Gasteiger partial charge is 0.271 e. The second kappa shape index (κ2) is 7.99. The van der Waals surface area contributed by atoms with Crippen LogP contribution in [0.1, 0.15) is 35.8 Å². The van der Waals surface area contributed by atoms with E-state index in [1.54, 1.807) is 0 Å². The van der Waals surface area contributed by atoms with Gasteiger partial charge in [-0.05, 0) is 24.1 Å². The summed E-state index contributed by atoms with van der Waals surface area (Å²) in [6.07, 6.45) is 6.62. The minimum absolute atomic E-state index is 0.236. The molecule has 0 fully saturated rings. The Morgan fingerprint density at radius 1 is 1.33 bits per heavy atom. The number of nitrogens with zero attached hydrogens (tertiary/aromatic N) is 2. The van der Waals surface area contributed by atoms with E-state index in [0.29, 0.717) is 18.8 Å². The molecule has 0 saturated heterocycles. The van der Waals surface area contributed by atoms with Crippen LogP contribution in [-0.4, -0.2) is 22.5 Å². The molecule has 0 atom stereocenters. The molecule has 21 heavy (non-hydrogen) atoms. The largest absolute Gasteiger partial charge is 0.494 e. The summed E-state index contributed by atoms with van der Waals surface area (Å²) >= 11 is 0. The SMILES string of the molecule is CCCCOc1cccc(CNC(=O)c2cnccn2)c1. The fourth-order valence-electron chi connectivity index (χ4n) is 1.77. The molecule has 2 rings (SSSR count). The number of nitrogens with one attached hydrogen (secondary N) is 1. The van der Waals surface area contributed by atoms with Crippen molar-refractivity contribution in [3.63, 3.8) is 0 Å². The molecule has 110 valence electrons. The molecule has 0 radical (unpaired) electrons. The van der Waals surface area contributed by atoms with Gasteiger partial charge in [0, 0.05) is 18.9 Å². The van der Waals surface area contributed by atoms with E-state index in [1.807, 2.05) is 24.3 Å². The van der Waals surface area contributed by atoms with Crippen LogP contribution in [0, 0.1) is 0 Å². The zero-order valence-electron chi connectivity index (χ0n) is 12.1. The minimum Gasteiger partial charge on any atom is -0.494 e. The third-order valence-corrected chi connectivity index (χ3v) is 2.91. The lowest BCUT2D eigenvalue weighted by Gasteiger charge is -2.08. The molecule has 0 aliphatic carbocycles. The molecule has 1 aromatic carbocycles. The molecule has 1 amide bonds. The Bertz CT molecular complexity index is 573. The predicted molar refractivity (Wildman–Crippen MR) is 80.0 cm³/mol. The highest BCUT2D eigenvalue weighted by Crippen LogP contribution is 2.13. The molecule has 0 saturated carbocycles. The third kappa shape index (κ3) is 4.87. The second-order valence-electron chi connectivity index (χ2n) is 4.62. The highest BCUT2D eigenvalue weighted by Gasteiger charge is 2.06. The van der Waals surface area contributed by atoms with Crippen LogP contribution in [0.3, 0.4) is 0 Å². The highest BCUT2D eigenvalue weighted by molar-refractivity contribution is 5.91. The van der Waals surface area contributed by atoms with Gasteiger partial charge in [0.2, 0.25) is 0 Å². The molecular weight excluding hydrogens is 266 g/mol. The van der Waals surface area contributed by atoms with E-state index in [2.05, 4.69) is 22.2 Å². The lowest BCUT2D eigenvalue weighted by Crippen LogP contribution is -2.23. The molecule has 1 N–H and O–H groups in total. The van der Waals surface area contributed by atoms with Crippen LogP contribution in [-0.2, 0) is 6.54 Å². The van der Waals surface area contributed by atoms with Crippen LogP contribution in [0.25, 0.3) is 0 Å². The van der Waals surface area contributed by atoms with E-state index in [4.69, 9.17) is 4.74 Å². The summed E-state index contributed by atoms with van der Waals surface area (Å²) in [7, 11) is 0. The van der Waals surface area contributed by atoms with Crippen LogP contribution in [0.4, 0.5) is 0 Å². The molecule has 0 aliphatic heterocycles. The Morgan fingerprint density at radius 2 is 2.24 bits per heavy atom. The summed E-state index contributed by atoms with van der Waals surface area (Å²) in [4.78, 5) is 19.7. The van der Waals surface area contributed by atoms with E-state index in [1.165, 1.54) is 18.6 Å². The summed E-state index contributed by atoms with van der Waals surface area (Å²) in [5.41, 5.74) is 1.30. The number of ether oxygens (including phenoxy) is 1. The first kappa shape index (κ1) is 15.0. The van der Waals surface area contributed by atoms with Crippen molar-refractivity contribution < 1.29 is 9.53 Å². The van der Waals surface area contributed by atoms with Gasteiger partial charge in [-0.25, -0.2) is 4.98 Å². The van der Waals surface area contributed by atoms with Crippen molar-refractivity contribution in [3.8, 4) is 5.75 Å². The van der Waals surface area contributed by atoms with Crippen molar-refractivity contribution in [3.05, 3.63) is 54.1 Å². The normalized spacial score (nSPS) is 10.1. The van der Waals surface area contributed by atoms with Crippen molar-refractivity contribution in [2.24, 2.45) is 0 Å². The number of unbranched alkanes of at least 4 members (excludes halogenated alkanes) is 1. The van der Waals surface area contributed by atoms with E-state index >= 15 is 0 Å². The average molecular weight is 285 g/mol. The lowest BCUT2D eigenvalue weighted by atomic mass is 10.2. The molecule has 1 heterocycles. The van der Waals surface area contributed by atoms with Crippen LogP contribution in [0.15, 0.2) is 42.9 Å². The fraction of sp³-hybridized carbons (Fsp3) is 0.312. The van der Waals surface area contributed by atoms with Crippen molar-refractivity contribution in [2.75, 3.05) is 6.61 Å². The molecule has 0 aliphatic rings. The minimum atomic E-state index is -0.236. The Morgan fingerprint density at radius 3 is 3.00 bits per heavy atom. The second-order valence-corrected chi connectivity index (χ2v) is 4.62. The molecule has 2 aromatic rings. The van der Waals surface area contributed by atoms with Gasteiger partial charge in [0.25, 0.3) is 5.91 Å². The van der Waals surface area contributed by atoms with Crippen molar-refractivity contribution in [2.45, 2.75) is 26.3 Å². The maximum Gasteiger partial charge on any atom is 0.271 e. The van der Waals surface area contributed by atoms with Gasteiger partial charge in [0.15, 0.2) is 0 Å². The van der Waals surface area contributed by atoms with E-state index in [9.17, 15) is 4.79 Å². The number of rotatable bonds is 7. The first-order chi connectivity index (χ1) is 10.3. The summed E-state index contributed by atoms with van der Waals surface area (Å²) in [5.74, 6) is 0.593. The molecule has 0 unspecified atom stereocenters. The Hall–Kier alpha value is -2.43. The van der Waals surface area contributed by atoms with E-state index in [-0.39, 0.29) is 5.91 Å². The van der Waals surface area contributed by atoms with E-state index in [0.717, 1.165) is 24.2 Å². The van der Waals surface area contributed by atoms with Gasteiger partial charge in [-0.3, -0.25) is 9.78 Å². The summed E-state index contributed by atoms with van der Waals surface area (Å²) in [6.45, 7) is 3.27. The zero-order valence-corrected chi connectivity index (χ0v) is 12.1. The zero-order chi connectivity index (χ0) is 14.9. The number of hydrogen-bond acceptors (Lipinski definition) is 4. The average Bonchev–Trinajstić information content (AvgIpc) is 2.54. The summed E-state index contributed by atoms with van der Waals surface area (Å²) in [6, 6.07) is 7.73. The molecule has 5 heteroatoms. The molecule has 1 aromatic heterocycles. The molecule has 5 nitrogen and oxygen atoms in total. The Balaban J connectivity index is 1.88. The Labute approximate surface area is 124 Å². The maximum atomic E-state index is 11.9. The van der Waals surface area contributed by atoms with Crippen LogP contribution in [0.2, 0.25) is 0 Å². The van der Waals surface area contributed by atoms with Gasteiger partial charge >= 0.3 is 0 Å².